The fraction of sp³-hybridized carbons (Fsp3) is 0.250. The molecule has 1 rings (SSSR count). The van der Waals surface area contributed by atoms with Gasteiger partial charge in [0.05, 0.1) is 11.3 Å². The Labute approximate surface area is 102 Å². The molecule has 0 radical (unpaired) electrons. The largest absolute Gasteiger partial charge is 0.481 e. The molecule has 0 saturated carbocycles. The lowest BCUT2D eigenvalue weighted by molar-refractivity contribution is -0.387. The van der Waals surface area contributed by atoms with Gasteiger partial charge in [-0.3, -0.25) is 14.9 Å². The Morgan fingerprint density at radius 2 is 2.24 bits per heavy atom. The van der Waals surface area contributed by atoms with Gasteiger partial charge in [0, 0.05) is 11.8 Å². The van der Waals surface area contributed by atoms with Gasteiger partial charge in [-0.1, -0.05) is 0 Å². The van der Waals surface area contributed by atoms with Gasteiger partial charge >= 0.3 is 11.7 Å². The van der Waals surface area contributed by atoms with Crippen LogP contribution in [0.25, 0.3) is 0 Å². The molecule has 0 atom stereocenters. The van der Waals surface area contributed by atoms with Crippen LogP contribution in [0.1, 0.15) is 17.7 Å². The number of pyridine rings is 1. The van der Waals surface area contributed by atoms with Crippen LogP contribution >= 0.6 is 15.9 Å². The van der Waals surface area contributed by atoms with Crippen molar-refractivity contribution in [2.75, 3.05) is 0 Å². The minimum Gasteiger partial charge on any atom is -0.481 e. The molecule has 0 saturated heterocycles. The Hall–Kier alpha value is -1.64. The van der Waals surface area contributed by atoms with Gasteiger partial charge < -0.3 is 5.11 Å². The van der Waals surface area contributed by atoms with Crippen LogP contribution in [0.5, 0.6) is 0 Å². The van der Waals surface area contributed by atoms with E-state index in [2.05, 4.69) is 20.9 Å². The highest BCUT2D eigenvalue weighted by molar-refractivity contribution is 9.10. The number of hydrogen-bond acceptors (Lipinski definition) is 4. The number of carboxylic acids is 1. The predicted octanol–water partition coefficient (Wildman–Crippen LogP) is 2.32. The zero-order chi connectivity index (χ0) is 13.2. The molecule has 0 amide bonds. The van der Waals surface area contributed by atoms with Crippen molar-refractivity contribution in [3.05, 3.63) is 32.0 Å². The highest BCUT2D eigenvalue weighted by Gasteiger charge is 2.29. The van der Waals surface area contributed by atoms with Crippen molar-refractivity contribution in [2.45, 2.75) is 12.8 Å². The SMILES string of the molecule is O=C(O)Cc1cnc(C(F)F)c([N+](=O)[O-])c1Br. The Kier molecular flexibility index (Phi) is 4.05. The second-order valence-electron chi connectivity index (χ2n) is 2.96. The van der Waals surface area contributed by atoms with Gasteiger partial charge in [-0.05, 0) is 15.9 Å². The normalized spacial score (nSPS) is 10.6. The van der Waals surface area contributed by atoms with E-state index in [9.17, 15) is 23.7 Å². The van der Waals surface area contributed by atoms with Crippen molar-refractivity contribution < 1.29 is 23.6 Å². The van der Waals surface area contributed by atoms with Crippen LogP contribution in [-0.2, 0) is 11.2 Å². The van der Waals surface area contributed by atoms with Crippen molar-refractivity contribution in [2.24, 2.45) is 0 Å². The van der Waals surface area contributed by atoms with Crippen molar-refractivity contribution in [3.8, 4) is 0 Å². The van der Waals surface area contributed by atoms with Crippen LogP contribution in [0.3, 0.4) is 0 Å². The van der Waals surface area contributed by atoms with E-state index >= 15 is 0 Å². The minimum atomic E-state index is -3.11. The number of halogens is 3. The lowest BCUT2D eigenvalue weighted by Crippen LogP contribution is -2.06. The zero-order valence-corrected chi connectivity index (χ0v) is 9.65. The number of carbonyl (C=O) groups is 1. The van der Waals surface area contributed by atoms with Crippen LogP contribution < -0.4 is 0 Å². The molecule has 1 heterocycles. The van der Waals surface area contributed by atoms with Crippen molar-refractivity contribution in [1.82, 2.24) is 4.98 Å². The molecular weight excluding hydrogens is 306 g/mol. The van der Waals surface area contributed by atoms with Gasteiger partial charge in [-0.15, -0.1) is 0 Å². The number of hydrogen-bond donors (Lipinski definition) is 1. The van der Waals surface area contributed by atoms with Gasteiger partial charge in [0.25, 0.3) is 6.43 Å². The maximum atomic E-state index is 12.5. The van der Waals surface area contributed by atoms with E-state index < -0.39 is 35.1 Å². The summed E-state index contributed by atoms with van der Waals surface area (Å²) in [6, 6.07) is 0. The average molecular weight is 311 g/mol. The van der Waals surface area contributed by atoms with Crippen molar-refractivity contribution >= 4 is 27.6 Å². The molecule has 0 aliphatic heterocycles. The number of aromatic nitrogens is 1. The molecule has 1 aromatic heterocycles. The van der Waals surface area contributed by atoms with E-state index in [1.54, 1.807) is 0 Å². The minimum absolute atomic E-state index is 0.0337. The summed E-state index contributed by atoms with van der Waals surface area (Å²) < 4.78 is 24.6. The van der Waals surface area contributed by atoms with Crippen LogP contribution in [0, 0.1) is 10.1 Å². The van der Waals surface area contributed by atoms with Crippen molar-refractivity contribution in [3.63, 3.8) is 0 Å². The van der Waals surface area contributed by atoms with Crippen LogP contribution in [0.15, 0.2) is 10.7 Å². The summed E-state index contributed by atoms with van der Waals surface area (Å²) in [7, 11) is 0. The number of aliphatic carboxylic acids is 1. The second-order valence-corrected chi connectivity index (χ2v) is 3.75. The number of nitrogens with zero attached hydrogens (tertiary/aromatic N) is 2. The Morgan fingerprint density at radius 1 is 1.65 bits per heavy atom. The first-order valence-electron chi connectivity index (χ1n) is 4.16. The third-order valence-electron chi connectivity index (χ3n) is 1.82. The zero-order valence-electron chi connectivity index (χ0n) is 8.06. The third kappa shape index (κ3) is 2.93. The Morgan fingerprint density at radius 3 is 2.65 bits per heavy atom. The van der Waals surface area contributed by atoms with Gasteiger partial charge in [-0.25, -0.2) is 13.8 Å². The quantitative estimate of drug-likeness (QED) is 0.680. The predicted molar refractivity (Wildman–Crippen MR) is 54.9 cm³/mol. The number of rotatable bonds is 4. The molecule has 0 bridgehead atoms. The maximum Gasteiger partial charge on any atom is 0.311 e. The van der Waals surface area contributed by atoms with E-state index in [-0.39, 0.29) is 10.0 Å². The van der Waals surface area contributed by atoms with E-state index in [1.807, 2.05) is 0 Å². The molecule has 1 aromatic rings. The van der Waals surface area contributed by atoms with Crippen LogP contribution in [0.2, 0.25) is 0 Å². The summed E-state index contributed by atoms with van der Waals surface area (Å²) in [5.41, 5.74) is -1.93. The first-order chi connectivity index (χ1) is 7.84. The molecule has 6 nitrogen and oxygen atoms in total. The number of carboxylic acid groups (broad SMARTS) is 1. The Bertz CT molecular complexity index is 481. The summed E-state index contributed by atoms with van der Waals surface area (Å²) in [5, 5.41) is 19.2. The molecule has 0 aromatic carbocycles. The standard InChI is InChI=1S/C8H5BrF2N2O4/c9-5-3(1-4(14)15)2-12-6(8(10)11)7(5)13(16)17/h2,8H,1H2,(H,14,15). The molecule has 0 aliphatic carbocycles. The number of alkyl halides is 2. The molecular formula is C8H5BrF2N2O4. The average Bonchev–Trinajstić information content (AvgIpc) is 2.19. The van der Waals surface area contributed by atoms with Crippen LogP contribution in [0.4, 0.5) is 14.5 Å². The summed E-state index contributed by atoms with van der Waals surface area (Å²) >= 11 is 2.75. The fourth-order valence-electron chi connectivity index (χ4n) is 1.15. The highest BCUT2D eigenvalue weighted by Crippen LogP contribution is 2.35. The molecule has 0 spiro atoms. The summed E-state index contributed by atoms with van der Waals surface area (Å²) in [6.07, 6.45) is -2.77. The van der Waals surface area contributed by atoms with E-state index in [4.69, 9.17) is 5.11 Å². The van der Waals surface area contributed by atoms with Crippen LogP contribution in [-0.4, -0.2) is 21.0 Å². The lowest BCUT2D eigenvalue weighted by Gasteiger charge is -2.06. The maximum absolute atomic E-state index is 12.5. The molecule has 1 N–H and O–H groups in total. The first-order valence-corrected chi connectivity index (χ1v) is 4.95. The molecule has 92 valence electrons. The van der Waals surface area contributed by atoms with Gasteiger partial charge in [0.1, 0.15) is 4.47 Å². The first kappa shape index (κ1) is 13.4. The Balaban J connectivity index is 3.38. The summed E-state index contributed by atoms with van der Waals surface area (Å²) in [4.78, 5) is 23.3. The molecule has 0 unspecified atom stereocenters. The van der Waals surface area contributed by atoms with E-state index in [0.717, 1.165) is 6.20 Å². The van der Waals surface area contributed by atoms with Gasteiger partial charge in [0.15, 0.2) is 5.69 Å². The summed E-state index contributed by atoms with van der Waals surface area (Å²) in [6.45, 7) is 0. The molecule has 9 heteroatoms. The topological polar surface area (TPSA) is 93.3 Å². The lowest BCUT2D eigenvalue weighted by atomic mass is 10.1. The summed E-state index contributed by atoms with van der Waals surface area (Å²) in [5.74, 6) is -1.24. The highest BCUT2D eigenvalue weighted by atomic mass is 79.9. The van der Waals surface area contributed by atoms with E-state index in [1.165, 1.54) is 0 Å². The molecule has 0 fully saturated rings. The smallest absolute Gasteiger partial charge is 0.311 e. The van der Waals surface area contributed by atoms with Gasteiger partial charge in [0.2, 0.25) is 0 Å². The third-order valence-corrected chi connectivity index (χ3v) is 2.71. The van der Waals surface area contributed by atoms with Gasteiger partial charge in [-0.2, -0.15) is 0 Å². The second kappa shape index (κ2) is 5.13. The molecule has 17 heavy (non-hydrogen) atoms. The van der Waals surface area contributed by atoms with E-state index in [0.29, 0.717) is 0 Å². The monoisotopic (exact) mass is 310 g/mol. The molecule has 0 aliphatic rings. The van der Waals surface area contributed by atoms with Crippen molar-refractivity contribution in [1.29, 1.82) is 0 Å². The number of nitro groups is 1. The fourth-order valence-corrected chi connectivity index (χ4v) is 1.74.